The Hall–Kier alpha value is -2.20. The lowest BCUT2D eigenvalue weighted by Gasteiger charge is -2.08. The SMILES string of the molecule is COc1ccc(CCC(CC(=O)O)N=[N+]=[N-])cc1. The molecule has 1 unspecified atom stereocenters. The fourth-order valence-corrected chi connectivity index (χ4v) is 1.60. The van der Waals surface area contributed by atoms with E-state index in [0.29, 0.717) is 12.8 Å². The van der Waals surface area contributed by atoms with Gasteiger partial charge in [-0.1, -0.05) is 17.2 Å². The van der Waals surface area contributed by atoms with Gasteiger partial charge in [-0.2, -0.15) is 0 Å². The Balaban J connectivity index is 2.54. The van der Waals surface area contributed by atoms with Crippen molar-refractivity contribution in [2.24, 2.45) is 5.11 Å². The van der Waals surface area contributed by atoms with Crippen molar-refractivity contribution in [2.75, 3.05) is 7.11 Å². The summed E-state index contributed by atoms with van der Waals surface area (Å²) in [6.07, 6.45) is 1.05. The quantitative estimate of drug-likeness (QED) is 0.457. The third kappa shape index (κ3) is 4.76. The number of rotatable bonds is 7. The lowest BCUT2D eigenvalue weighted by atomic mass is 10.0. The van der Waals surface area contributed by atoms with Crippen molar-refractivity contribution in [3.8, 4) is 5.75 Å². The second-order valence-corrected chi connectivity index (χ2v) is 3.84. The fourth-order valence-electron chi connectivity index (χ4n) is 1.60. The van der Waals surface area contributed by atoms with Gasteiger partial charge in [0.2, 0.25) is 0 Å². The maximum Gasteiger partial charge on any atom is 0.303 e. The van der Waals surface area contributed by atoms with Gasteiger partial charge in [-0.25, -0.2) is 0 Å². The van der Waals surface area contributed by atoms with Gasteiger partial charge in [0, 0.05) is 11.0 Å². The molecule has 1 aromatic rings. The summed E-state index contributed by atoms with van der Waals surface area (Å²) in [6, 6.07) is 7.00. The number of ether oxygens (including phenoxy) is 1. The summed E-state index contributed by atoms with van der Waals surface area (Å²) in [6.45, 7) is 0. The van der Waals surface area contributed by atoms with E-state index in [1.165, 1.54) is 0 Å². The van der Waals surface area contributed by atoms with Gasteiger partial charge in [0.1, 0.15) is 5.75 Å². The summed E-state index contributed by atoms with van der Waals surface area (Å²) in [5.74, 6) is -0.182. The van der Waals surface area contributed by atoms with Crippen LogP contribution < -0.4 is 4.74 Å². The van der Waals surface area contributed by atoms with Crippen LogP contribution in [0.15, 0.2) is 29.4 Å². The van der Waals surface area contributed by atoms with Gasteiger partial charge in [-0.05, 0) is 36.1 Å². The number of carboxylic acid groups (broad SMARTS) is 1. The molecule has 0 aliphatic rings. The first-order chi connectivity index (χ1) is 8.65. The van der Waals surface area contributed by atoms with E-state index < -0.39 is 12.0 Å². The Bertz CT molecular complexity index is 438. The van der Waals surface area contributed by atoms with Crippen LogP contribution in [0.25, 0.3) is 10.4 Å². The highest BCUT2D eigenvalue weighted by molar-refractivity contribution is 5.67. The van der Waals surface area contributed by atoms with Crippen LogP contribution in [0, 0.1) is 0 Å². The van der Waals surface area contributed by atoms with Gasteiger partial charge >= 0.3 is 5.97 Å². The number of hydrogen-bond donors (Lipinski definition) is 1. The average molecular weight is 249 g/mol. The standard InChI is InChI=1S/C12H15N3O3/c1-18-11-6-3-9(4-7-11)2-5-10(14-15-13)8-12(16)17/h3-4,6-7,10H,2,5,8H2,1H3,(H,16,17). The minimum atomic E-state index is -0.956. The van der Waals surface area contributed by atoms with Crippen LogP contribution in [0.4, 0.5) is 0 Å². The van der Waals surface area contributed by atoms with Crippen molar-refractivity contribution < 1.29 is 14.6 Å². The van der Waals surface area contributed by atoms with Crippen LogP contribution in [-0.2, 0) is 11.2 Å². The molecule has 1 rings (SSSR count). The van der Waals surface area contributed by atoms with E-state index in [9.17, 15) is 4.79 Å². The maximum absolute atomic E-state index is 10.6. The van der Waals surface area contributed by atoms with Gasteiger partial charge in [-0.3, -0.25) is 4.79 Å². The third-order valence-electron chi connectivity index (χ3n) is 2.55. The Morgan fingerprint density at radius 3 is 2.67 bits per heavy atom. The summed E-state index contributed by atoms with van der Waals surface area (Å²) in [5.41, 5.74) is 9.42. The zero-order valence-corrected chi connectivity index (χ0v) is 10.1. The molecular weight excluding hydrogens is 234 g/mol. The summed E-state index contributed by atoms with van der Waals surface area (Å²) in [7, 11) is 1.60. The summed E-state index contributed by atoms with van der Waals surface area (Å²) in [4.78, 5) is 13.2. The van der Waals surface area contributed by atoms with E-state index in [-0.39, 0.29) is 6.42 Å². The first-order valence-corrected chi connectivity index (χ1v) is 5.54. The van der Waals surface area contributed by atoms with Crippen LogP contribution in [-0.4, -0.2) is 24.2 Å². The zero-order chi connectivity index (χ0) is 13.4. The molecule has 0 spiro atoms. The van der Waals surface area contributed by atoms with Crippen LogP contribution in [0.5, 0.6) is 5.75 Å². The molecule has 0 aliphatic heterocycles. The molecule has 18 heavy (non-hydrogen) atoms. The first kappa shape index (κ1) is 13.9. The number of carboxylic acids is 1. The topological polar surface area (TPSA) is 95.3 Å². The Morgan fingerprint density at radius 1 is 1.50 bits per heavy atom. The molecule has 6 heteroatoms. The van der Waals surface area contributed by atoms with E-state index in [1.807, 2.05) is 24.3 Å². The summed E-state index contributed by atoms with van der Waals surface area (Å²) >= 11 is 0. The van der Waals surface area contributed by atoms with Gasteiger partial charge in [-0.15, -0.1) is 0 Å². The lowest BCUT2D eigenvalue weighted by Crippen LogP contribution is -2.11. The maximum atomic E-state index is 10.6. The Morgan fingerprint density at radius 2 is 2.17 bits per heavy atom. The molecule has 0 aromatic heterocycles. The molecule has 1 atom stereocenters. The molecule has 0 aliphatic carbocycles. The highest BCUT2D eigenvalue weighted by Gasteiger charge is 2.11. The van der Waals surface area contributed by atoms with Crippen LogP contribution >= 0.6 is 0 Å². The number of hydrogen-bond acceptors (Lipinski definition) is 3. The second-order valence-electron chi connectivity index (χ2n) is 3.84. The van der Waals surface area contributed by atoms with E-state index in [4.69, 9.17) is 15.4 Å². The molecule has 0 fully saturated rings. The average Bonchev–Trinajstić information content (AvgIpc) is 2.36. The number of benzene rings is 1. The van der Waals surface area contributed by atoms with E-state index in [0.717, 1.165) is 11.3 Å². The fraction of sp³-hybridized carbons (Fsp3) is 0.417. The molecule has 1 N–H and O–H groups in total. The predicted molar refractivity (Wildman–Crippen MR) is 66.5 cm³/mol. The number of aryl methyl sites for hydroxylation is 1. The number of carbonyl (C=O) groups is 1. The predicted octanol–water partition coefficient (Wildman–Crippen LogP) is 2.78. The van der Waals surface area contributed by atoms with Gasteiger partial charge in [0.05, 0.1) is 13.5 Å². The number of aliphatic carboxylic acids is 1. The number of azide groups is 1. The molecule has 0 heterocycles. The monoisotopic (exact) mass is 249 g/mol. The van der Waals surface area contributed by atoms with Crippen LogP contribution in [0.2, 0.25) is 0 Å². The second kappa shape index (κ2) is 7.19. The van der Waals surface area contributed by atoms with Gasteiger partial charge in [0.25, 0.3) is 0 Å². The van der Waals surface area contributed by atoms with Crippen molar-refractivity contribution in [2.45, 2.75) is 25.3 Å². The molecule has 0 bridgehead atoms. The van der Waals surface area contributed by atoms with E-state index in [1.54, 1.807) is 7.11 Å². The third-order valence-corrected chi connectivity index (χ3v) is 2.55. The molecule has 0 saturated heterocycles. The van der Waals surface area contributed by atoms with Gasteiger partial charge in [0.15, 0.2) is 0 Å². The number of nitrogens with zero attached hydrogens (tertiary/aromatic N) is 3. The van der Waals surface area contributed by atoms with Crippen LogP contribution in [0.3, 0.4) is 0 Å². The summed E-state index contributed by atoms with van der Waals surface area (Å²) < 4.78 is 5.04. The largest absolute Gasteiger partial charge is 0.497 e. The van der Waals surface area contributed by atoms with Crippen molar-refractivity contribution in [3.05, 3.63) is 40.3 Å². The highest BCUT2D eigenvalue weighted by atomic mass is 16.5. The van der Waals surface area contributed by atoms with E-state index in [2.05, 4.69) is 10.0 Å². The van der Waals surface area contributed by atoms with Crippen molar-refractivity contribution in [1.82, 2.24) is 0 Å². The minimum absolute atomic E-state index is 0.139. The molecule has 6 nitrogen and oxygen atoms in total. The molecule has 0 saturated carbocycles. The molecule has 0 amide bonds. The van der Waals surface area contributed by atoms with Gasteiger partial charge < -0.3 is 9.84 Å². The van der Waals surface area contributed by atoms with Crippen LogP contribution in [0.1, 0.15) is 18.4 Å². The normalized spacial score (nSPS) is 11.4. The highest BCUT2D eigenvalue weighted by Crippen LogP contribution is 2.15. The minimum Gasteiger partial charge on any atom is -0.497 e. The molecule has 96 valence electrons. The number of methoxy groups -OCH3 is 1. The molecule has 1 aromatic carbocycles. The lowest BCUT2D eigenvalue weighted by molar-refractivity contribution is -0.137. The van der Waals surface area contributed by atoms with E-state index >= 15 is 0 Å². The van der Waals surface area contributed by atoms with Crippen molar-refractivity contribution in [1.29, 1.82) is 0 Å². The smallest absolute Gasteiger partial charge is 0.303 e. The Labute approximate surface area is 105 Å². The van der Waals surface area contributed by atoms with Crippen molar-refractivity contribution in [3.63, 3.8) is 0 Å². The molecular formula is C12H15N3O3. The Kier molecular flexibility index (Phi) is 5.54. The first-order valence-electron chi connectivity index (χ1n) is 5.54. The molecule has 0 radical (unpaired) electrons. The van der Waals surface area contributed by atoms with Crippen molar-refractivity contribution >= 4 is 5.97 Å². The summed E-state index contributed by atoms with van der Waals surface area (Å²) in [5, 5.41) is 12.2. The zero-order valence-electron chi connectivity index (χ0n) is 10.1.